The van der Waals surface area contributed by atoms with Crippen molar-refractivity contribution in [2.75, 3.05) is 7.11 Å². The third kappa shape index (κ3) is 2.62. The van der Waals surface area contributed by atoms with Gasteiger partial charge in [0.05, 0.1) is 13.2 Å². The summed E-state index contributed by atoms with van der Waals surface area (Å²) in [7, 11) is 1.56. The van der Waals surface area contributed by atoms with E-state index in [9.17, 15) is 5.11 Å². The molecule has 0 amide bonds. The first kappa shape index (κ1) is 12.3. The summed E-state index contributed by atoms with van der Waals surface area (Å²) in [5.74, 6) is 0.643. The maximum Gasteiger partial charge on any atom is 0.127 e. The normalized spacial score (nSPS) is 14.8. The van der Waals surface area contributed by atoms with Crippen LogP contribution in [0.15, 0.2) is 12.1 Å². The van der Waals surface area contributed by atoms with Crippen LogP contribution in [0.1, 0.15) is 24.2 Å². The van der Waals surface area contributed by atoms with Gasteiger partial charge in [0.2, 0.25) is 0 Å². The Morgan fingerprint density at radius 1 is 1.47 bits per heavy atom. The molecule has 0 aromatic heterocycles. The fourth-order valence-corrected chi connectivity index (χ4v) is 1.82. The number of nitrogens with two attached hydrogens (primary N) is 1. The zero-order chi connectivity index (χ0) is 11.6. The van der Waals surface area contributed by atoms with Gasteiger partial charge in [0.15, 0.2) is 0 Å². The third-order valence-corrected chi connectivity index (χ3v) is 2.51. The number of methoxy groups -OCH3 is 1. The second kappa shape index (κ2) is 4.84. The highest BCUT2D eigenvalue weighted by Gasteiger charge is 2.19. The molecule has 0 aliphatic carbocycles. The van der Waals surface area contributed by atoms with Crippen molar-refractivity contribution < 1.29 is 9.84 Å². The monoisotopic (exact) mass is 229 g/mol. The molecule has 0 aliphatic rings. The fourth-order valence-electron chi connectivity index (χ4n) is 1.54. The van der Waals surface area contributed by atoms with Crippen molar-refractivity contribution in [1.29, 1.82) is 0 Å². The average molecular weight is 230 g/mol. The Labute approximate surface area is 94.8 Å². The molecule has 1 aromatic rings. The minimum absolute atomic E-state index is 0.364. The van der Waals surface area contributed by atoms with Gasteiger partial charge in [-0.15, -0.1) is 0 Å². The molecule has 84 valence electrons. The number of hydrogen-bond donors (Lipinski definition) is 2. The van der Waals surface area contributed by atoms with Crippen LogP contribution in [0.25, 0.3) is 0 Å². The first-order valence-corrected chi connectivity index (χ1v) is 5.12. The average Bonchev–Trinajstić information content (AvgIpc) is 2.15. The number of halogens is 1. The molecule has 0 fully saturated rings. The van der Waals surface area contributed by atoms with E-state index >= 15 is 0 Å². The highest BCUT2D eigenvalue weighted by molar-refractivity contribution is 6.30. The first-order chi connectivity index (χ1) is 6.97. The summed E-state index contributed by atoms with van der Waals surface area (Å²) in [4.78, 5) is 0. The molecule has 15 heavy (non-hydrogen) atoms. The number of hydrogen-bond acceptors (Lipinski definition) is 3. The third-order valence-electron chi connectivity index (χ3n) is 2.29. The second-order valence-electron chi connectivity index (χ2n) is 3.65. The van der Waals surface area contributed by atoms with E-state index in [1.807, 2.05) is 6.92 Å². The molecule has 2 atom stereocenters. The molecule has 0 spiro atoms. The van der Waals surface area contributed by atoms with Gasteiger partial charge < -0.3 is 15.6 Å². The Kier molecular flexibility index (Phi) is 3.97. The molecule has 0 saturated carbocycles. The summed E-state index contributed by atoms with van der Waals surface area (Å²) >= 11 is 5.92. The van der Waals surface area contributed by atoms with E-state index < -0.39 is 6.10 Å². The van der Waals surface area contributed by atoms with Gasteiger partial charge in [0, 0.05) is 16.6 Å². The van der Waals surface area contributed by atoms with Gasteiger partial charge in [-0.1, -0.05) is 11.6 Å². The number of aliphatic hydroxyl groups excluding tert-OH is 1. The molecule has 3 N–H and O–H groups in total. The Bertz CT molecular complexity index is 353. The number of ether oxygens (including phenoxy) is 1. The maximum atomic E-state index is 9.89. The van der Waals surface area contributed by atoms with Gasteiger partial charge in [-0.05, 0) is 31.5 Å². The predicted molar refractivity (Wildman–Crippen MR) is 61.4 cm³/mol. The molecule has 2 unspecified atom stereocenters. The lowest BCUT2D eigenvalue weighted by Gasteiger charge is -2.19. The standard InChI is InChI=1S/C11H16ClNO2/c1-6-4-8(12)5-9(11(6)15-3)10(14)7(2)13/h4-5,7,10,14H,13H2,1-3H3. The van der Waals surface area contributed by atoms with Crippen LogP contribution in [-0.2, 0) is 0 Å². The smallest absolute Gasteiger partial charge is 0.127 e. The molecule has 1 aromatic carbocycles. The quantitative estimate of drug-likeness (QED) is 0.834. The lowest BCUT2D eigenvalue weighted by atomic mass is 10.0. The highest BCUT2D eigenvalue weighted by atomic mass is 35.5. The van der Waals surface area contributed by atoms with Crippen LogP contribution in [0.3, 0.4) is 0 Å². The molecule has 0 heterocycles. The Hall–Kier alpha value is -0.770. The zero-order valence-electron chi connectivity index (χ0n) is 9.12. The van der Waals surface area contributed by atoms with E-state index in [4.69, 9.17) is 22.1 Å². The van der Waals surface area contributed by atoms with Crippen molar-refractivity contribution in [2.45, 2.75) is 26.0 Å². The van der Waals surface area contributed by atoms with Crippen LogP contribution in [-0.4, -0.2) is 18.3 Å². The van der Waals surface area contributed by atoms with E-state index in [0.717, 1.165) is 5.56 Å². The van der Waals surface area contributed by atoms with Crippen molar-refractivity contribution in [3.63, 3.8) is 0 Å². The van der Waals surface area contributed by atoms with Crippen LogP contribution in [0, 0.1) is 6.92 Å². The summed E-state index contributed by atoms with van der Waals surface area (Å²) < 4.78 is 5.23. The largest absolute Gasteiger partial charge is 0.496 e. The molecular formula is C11H16ClNO2. The van der Waals surface area contributed by atoms with E-state index in [1.54, 1.807) is 26.2 Å². The SMILES string of the molecule is COc1c(C)cc(Cl)cc1C(O)C(C)N. The summed E-state index contributed by atoms with van der Waals surface area (Å²) in [6.45, 7) is 3.61. The minimum atomic E-state index is -0.766. The van der Waals surface area contributed by atoms with Gasteiger partial charge in [0.25, 0.3) is 0 Å². The lowest BCUT2D eigenvalue weighted by molar-refractivity contribution is 0.149. The fraction of sp³-hybridized carbons (Fsp3) is 0.455. The van der Waals surface area contributed by atoms with Gasteiger partial charge >= 0.3 is 0 Å². The van der Waals surface area contributed by atoms with E-state index in [0.29, 0.717) is 16.3 Å². The van der Waals surface area contributed by atoms with Crippen molar-refractivity contribution in [3.05, 3.63) is 28.3 Å². The van der Waals surface area contributed by atoms with Crippen molar-refractivity contribution in [1.82, 2.24) is 0 Å². The topological polar surface area (TPSA) is 55.5 Å². The molecular weight excluding hydrogens is 214 g/mol. The number of aliphatic hydroxyl groups is 1. The molecule has 0 saturated heterocycles. The molecule has 1 rings (SSSR count). The number of benzene rings is 1. The predicted octanol–water partition coefficient (Wildman–Crippen LogP) is 2.04. The minimum Gasteiger partial charge on any atom is -0.496 e. The molecule has 0 bridgehead atoms. The summed E-state index contributed by atoms with van der Waals surface area (Å²) in [6.07, 6.45) is -0.766. The maximum absolute atomic E-state index is 9.89. The van der Waals surface area contributed by atoms with Crippen LogP contribution in [0.2, 0.25) is 5.02 Å². The van der Waals surface area contributed by atoms with Gasteiger partial charge in [0.1, 0.15) is 5.75 Å². The van der Waals surface area contributed by atoms with Crippen molar-refractivity contribution in [2.24, 2.45) is 5.73 Å². The van der Waals surface area contributed by atoms with E-state index in [2.05, 4.69) is 0 Å². The molecule has 3 nitrogen and oxygen atoms in total. The van der Waals surface area contributed by atoms with E-state index in [-0.39, 0.29) is 6.04 Å². The van der Waals surface area contributed by atoms with Crippen molar-refractivity contribution in [3.8, 4) is 5.75 Å². The molecule has 0 aliphatic heterocycles. The molecule has 0 radical (unpaired) electrons. The van der Waals surface area contributed by atoms with Crippen LogP contribution < -0.4 is 10.5 Å². The van der Waals surface area contributed by atoms with Crippen LogP contribution >= 0.6 is 11.6 Å². The van der Waals surface area contributed by atoms with Crippen LogP contribution in [0.4, 0.5) is 0 Å². The second-order valence-corrected chi connectivity index (χ2v) is 4.09. The van der Waals surface area contributed by atoms with Gasteiger partial charge in [-0.2, -0.15) is 0 Å². The summed E-state index contributed by atoms with van der Waals surface area (Å²) in [6, 6.07) is 3.11. The summed E-state index contributed by atoms with van der Waals surface area (Å²) in [5, 5.41) is 10.5. The first-order valence-electron chi connectivity index (χ1n) is 4.75. The Morgan fingerprint density at radius 2 is 2.07 bits per heavy atom. The van der Waals surface area contributed by atoms with Gasteiger partial charge in [-0.25, -0.2) is 0 Å². The highest BCUT2D eigenvalue weighted by Crippen LogP contribution is 2.32. The zero-order valence-corrected chi connectivity index (χ0v) is 9.88. The number of aryl methyl sites for hydroxylation is 1. The van der Waals surface area contributed by atoms with Crippen molar-refractivity contribution >= 4 is 11.6 Å². The van der Waals surface area contributed by atoms with Crippen LogP contribution in [0.5, 0.6) is 5.75 Å². The lowest BCUT2D eigenvalue weighted by Crippen LogP contribution is -2.25. The summed E-state index contributed by atoms with van der Waals surface area (Å²) in [5.41, 5.74) is 7.17. The number of rotatable bonds is 3. The Morgan fingerprint density at radius 3 is 2.53 bits per heavy atom. The van der Waals surface area contributed by atoms with Gasteiger partial charge in [-0.3, -0.25) is 0 Å². The Balaban J connectivity index is 3.26. The van der Waals surface area contributed by atoms with E-state index in [1.165, 1.54) is 0 Å². The molecule has 4 heteroatoms.